The van der Waals surface area contributed by atoms with Gasteiger partial charge in [-0.25, -0.2) is 9.97 Å². The molecule has 1 saturated carbocycles. The zero-order valence-corrected chi connectivity index (χ0v) is 33.5. The van der Waals surface area contributed by atoms with Gasteiger partial charge in [-0.05, 0) is 75.9 Å². The number of piperidine rings is 1. The molecular formula is C42H46N10O8. The van der Waals surface area contributed by atoms with E-state index in [0.29, 0.717) is 41.3 Å². The molecule has 4 aromatic rings. The van der Waals surface area contributed by atoms with Crippen molar-refractivity contribution in [2.45, 2.75) is 70.9 Å². The van der Waals surface area contributed by atoms with Gasteiger partial charge in [0, 0.05) is 56.8 Å². The molecule has 8 rings (SSSR count). The van der Waals surface area contributed by atoms with Gasteiger partial charge in [0.1, 0.15) is 23.3 Å². The van der Waals surface area contributed by atoms with Crippen LogP contribution in [-0.4, -0.2) is 117 Å². The van der Waals surface area contributed by atoms with Crippen molar-refractivity contribution in [1.82, 2.24) is 40.0 Å². The van der Waals surface area contributed by atoms with Crippen molar-refractivity contribution >= 4 is 63.8 Å². The van der Waals surface area contributed by atoms with E-state index in [4.69, 9.17) is 9.72 Å². The molecule has 3 N–H and O–H groups in total. The second-order valence-corrected chi connectivity index (χ2v) is 15.6. The van der Waals surface area contributed by atoms with Gasteiger partial charge in [-0.2, -0.15) is 4.98 Å². The fourth-order valence-electron chi connectivity index (χ4n) is 8.63. The van der Waals surface area contributed by atoms with Crippen LogP contribution in [0.4, 0.5) is 17.5 Å². The zero-order chi connectivity index (χ0) is 42.1. The molecule has 18 heteroatoms. The lowest BCUT2D eigenvalue weighted by Crippen LogP contribution is -2.54. The predicted molar refractivity (Wildman–Crippen MR) is 218 cm³/mol. The molecule has 1 aromatic carbocycles. The van der Waals surface area contributed by atoms with Gasteiger partial charge in [0.05, 0.1) is 28.6 Å². The van der Waals surface area contributed by atoms with Crippen molar-refractivity contribution < 1.29 is 33.5 Å². The largest absolute Gasteiger partial charge is 0.483 e. The molecule has 6 heterocycles. The van der Waals surface area contributed by atoms with Crippen molar-refractivity contribution in [2.75, 3.05) is 56.1 Å². The first-order chi connectivity index (χ1) is 29.0. The lowest BCUT2D eigenvalue weighted by atomic mass is 10.0. The molecule has 1 atom stereocenters. The van der Waals surface area contributed by atoms with E-state index in [9.17, 15) is 33.6 Å². The van der Waals surface area contributed by atoms with Crippen LogP contribution in [0.1, 0.15) is 94.5 Å². The first kappa shape index (κ1) is 40.2. The first-order valence-corrected chi connectivity index (χ1v) is 20.4. The summed E-state index contributed by atoms with van der Waals surface area (Å²) in [5, 5.41) is 8.88. The molecule has 1 aliphatic carbocycles. The van der Waals surface area contributed by atoms with Crippen LogP contribution in [0, 0.1) is 6.92 Å². The number of benzene rings is 1. The number of fused-ring (bicyclic) bond motifs is 2. The number of aryl methyl sites for hydroxylation is 1. The fraction of sp³-hybridized carbons (Fsp3) is 0.429. The van der Waals surface area contributed by atoms with Crippen LogP contribution in [-0.2, 0) is 14.4 Å². The van der Waals surface area contributed by atoms with Crippen LogP contribution in [0.25, 0.3) is 11.0 Å². The number of ketones is 1. The first-order valence-electron chi connectivity index (χ1n) is 20.4. The summed E-state index contributed by atoms with van der Waals surface area (Å²) in [5.74, 6) is -2.20. The Labute approximate surface area is 344 Å². The highest BCUT2D eigenvalue weighted by atomic mass is 16.5. The summed E-state index contributed by atoms with van der Waals surface area (Å²) >= 11 is 0. The normalized spacial score (nSPS) is 18.5. The monoisotopic (exact) mass is 818 g/mol. The highest BCUT2D eigenvalue weighted by Gasteiger charge is 2.46. The van der Waals surface area contributed by atoms with E-state index in [1.807, 2.05) is 12.1 Å². The minimum atomic E-state index is -1.10. The number of aromatic nitrogens is 4. The highest BCUT2D eigenvalue weighted by molar-refractivity contribution is 6.24. The fourth-order valence-corrected chi connectivity index (χ4v) is 8.63. The molecule has 312 valence electrons. The van der Waals surface area contributed by atoms with Gasteiger partial charge in [-0.3, -0.25) is 53.2 Å². The predicted octanol–water partition coefficient (Wildman–Crippen LogP) is 2.66. The second-order valence-electron chi connectivity index (χ2n) is 15.6. The van der Waals surface area contributed by atoms with Gasteiger partial charge in [-0.1, -0.05) is 18.9 Å². The number of Topliss-reactive ketones (excluding diaryl/α,β-unsaturated/α-hetero) is 1. The van der Waals surface area contributed by atoms with E-state index < -0.39 is 29.7 Å². The van der Waals surface area contributed by atoms with Crippen LogP contribution < -0.4 is 31.1 Å². The van der Waals surface area contributed by atoms with Crippen LogP contribution in [0.5, 0.6) is 5.75 Å². The quantitative estimate of drug-likeness (QED) is 0.100. The number of pyridine rings is 2. The Balaban J connectivity index is 0.788. The third-order valence-corrected chi connectivity index (χ3v) is 11.7. The molecule has 4 aliphatic rings. The maximum atomic E-state index is 13.5. The minimum absolute atomic E-state index is 0.00710. The van der Waals surface area contributed by atoms with Crippen LogP contribution in [0.15, 0.2) is 47.5 Å². The van der Waals surface area contributed by atoms with Gasteiger partial charge in [0.15, 0.2) is 12.4 Å². The van der Waals surface area contributed by atoms with Gasteiger partial charge >= 0.3 is 0 Å². The molecule has 5 amide bonds. The maximum absolute atomic E-state index is 13.5. The van der Waals surface area contributed by atoms with Crippen molar-refractivity contribution in [2.24, 2.45) is 0 Å². The van der Waals surface area contributed by atoms with Crippen molar-refractivity contribution in [1.29, 1.82) is 0 Å². The topological polar surface area (TPSA) is 218 Å². The van der Waals surface area contributed by atoms with Gasteiger partial charge in [0.2, 0.25) is 17.8 Å². The zero-order valence-electron chi connectivity index (χ0n) is 33.5. The Bertz CT molecular complexity index is 2460. The molecule has 3 aromatic heterocycles. The number of carbonyl (C=O) groups excluding carboxylic acids is 6. The van der Waals surface area contributed by atoms with Crippen molar-refractivity contribution in [3.05, 3.63) is 75.3 Å². The summed E-state index contributed by atoms with van der Waals surface area (Å²) in [6, 6.07) is 7.26. The Morgan fingerprint density at radius 3 is 2.43 bits per heavy atom. The lowest BCUT2D eigenvalue weighted by molar-refractivity contribution is -0.136. The number of amides is 5. The summed E-state index contributed by atoms with van der Waals surface area (Å²) in [5.41, 5.74) is 2.07. The number of imide groups is 2. The molecule has 3 fully saturated rings. The highest BCUT2D eigenvalue weighted by Crippen LogP contribution is 2.34. The van der Waals surface area contributed by atoms with Crippen molar-refractivity contribution in [3.63, 3.8) is 0 Å². The average Bonchev–Trinajstić information content (AvgIpc) is 3.85. The average molecular weight is 819 g/mol. The number of carbonyl (C=O) groups is 6. The number of nitrogens with zero attached hydrogens (tertiary/aromatic N) is 7. The molecule has 0 spiro atoms. The molecular weight excluding hydrogens is 773 g/mol. The molecule has 0 radical (unpaired) electrons. The number of piperazine rings is 1. The van der Waals surface area contributed by atoms with E-state index in [0.717, 1.165) is 69.0 Å². The number of nitrogens with one attached hydrogen (secondary N) is 3. The van der Waals surface area contributed by atoms with E-state index in [2.05, 4.69) is 35.7 Å². The van der Waals surface area contributed by atoms with Gasteiger partial charge in [-0.15, -0.1) is 0 Å². The van der Waals surface area contributed by atoms with Crippen LogP contribution in [0.2, 0.25) is 0 Å². The standard InChI is InChI=1S/C42H46N10O8/c1-24-29-22-45-42(48-37(29)51(26-7-3-4-8-26)40(58)35(24)25(2)53)46-32-13-11-27(21-44-32)50-19-17-49(18-20-50)16-6-15-43-34(55)23-60-31-10-5-9-28-36(31)41(59)52(39(28)57)30-12-14-33(54)47-38(30)56/h5,9-11,13,21-22,26,30H,3-4,6-8,12,14-20,23H2,1-2H3,(H,43,55)(H,47,54,56)(H,44,45,46,48). The molecule has 60 heavy (non-hydrogen) atoms. The minimum Gasteiger partial charge on any atom is -0.483 e. The van der Waals surface area contributed by atoms with Crippen LogP contribution >= 0.6 is 0 Å². The molecule has 1 unspecified atom stereocenters. The molecule has 2 saturated heterocycles. The van der Waals surface area contributed by atoms with Gasteiger partial charge < -0.3 is 20.3 Å². The van der Waals surface area contributed by atoms with Crippen LogP contribution in [0.3, 0.4) is 0 Å². The number of anilines is 3. The maximum Gasteiger partial charge on any atom is 0.266 e. The lowest BCUT2D eigenvalue weighted by Gasteiger charge is -2.36. The molecule has 3 aliphatic heterocycles. The third-order valence-electron chi connectivity index (χ3n) is 11.7. The Hall–Kier alpha value is -6.56. The number of ether oxygens (including phenoxy) is 1. The van der Waals surface area contributed by atoms with E-state index in [1.54, 1.807) is 30.0 Å². The van der Waals surface area contributed by atoms with E-state index in [1.165, 1.54) is 19.1 Å². The number of hydrogen-bond donors (Lipinski definition) is 3. The van der Waals surface area contributed by atoms with Gasteiger partial charge in [0.25, 0.3) is 23.3 Å². The van der Waals surface area contributed by atoms with E-state index in [-0.39, 0.29) is 65.2 Å². The third kappa shape index (κ3) is 7.93. The number of rotatable bonds is 13. The number of hydrogen-bond acceptors (Lipinski definition) is 14. The van der Waals surface area contributed by atoms with Crippen molar-refractivity contribution in [3.8, 4) is 5.75 Å². The van der Waals surface area contributed by atoms with E-state index >= 15 is 0 Å². The SMILES string of the molecule is CC(=O)c1c(C)c2cnc(Nc3ccc(N4CCN(CCCNC(=O)COc5cccc6c5C(=O)N(C5CCC(=O)NC5=O)C6=O)CC4)cn3)nc2n(C2CCCC2)c1=O. The smallest absolute Gasteiger partial charge is 0.266 e. The Morgan fingerprint density at radius 2 is 1.72 bits per heavy atom. The summed E-state index contributed by atoms with van der Waals surface area (Å²) in [7, 11) is 0. The summed E-state index contributed by atoms with van der Waals surface area (Å²) in [6.07, 6.45) is 8.02. The second kappa shape index (κ2) is 17.0. The summed E-state index contributed by atoms with van der Waals surface area (Å²) in [6.45, 7) is 7.29. The Kier molecular flexibility index (Phi) is 11.4. The molecule has 0 bridgehead atoms. The Morgan fingerprint density at radius 1 is 0.933 bits per heavy atom. The summed E-state index contributed by atoms with van der Waals surface area (Å²) < 4.78 is 7.37. The summed E-state index contributed by atoms with van der Waals surface area (Å²) in [4.78, 5) is 108. The molecule has 18 nitrogen and oxygen atoms in total.